The van der Waals surface area contributed by atoms with Crippen LogP contribution in [-0.2, 0) is 18.4 Å². The highest BCUT2D eigenvalue weighted by atomic mass is 16.2. The summed E-state index contributed by atoms with van der Waals surface area (Å²) in [5.74, 6) is 0.714. The van der Waals surface area contributed by atoms with Crippen LogP contribution in [0.25, 0.3) is 21.8 Å². The molecular weight excluding hydrogens is 396 g/mol. The minimum atomic E-state index is -0.242. The monoisotopic (exact) mass is 418 g/mol. The van der Waals surface area contributed by atoms with Crippen molar-refractivity contribution in [2.75, 3.05) is 31.1 Å². The maximum atomic E-state index is 12.9. The second-order valence-corrected chi connectivity index (χ2v) is 7.66. The summed E-state index contributed by atoms with van der Waals surface area (Å²) in [6, 6.07) is 7.34. The van der Waals surface area contributed by atoms with Crippen molar-refractivity contribution >= 4 is 33.5 Å². The molecule has 1 amide bonds. The summed E-state index contributed by atoms with van der Waals surface area (Å²) in [7, 11) is 1.85. The van der Waals surface area contributed by atoms with Crippen molar-refractivity contribution in [1.82, 2.24) is 34.4 Å². The van der Waals surface area contributed by atoms with Crippen LogP contribution >= 0.6 is 0 Å². The van der Waals surface area contributed by atoms with Gasteiger partial charge in [-0.2, -0.15) is 10.2 Å². The SMILES string of the molecule is Cc1nn(CC(=O)N2CCN(c3ncnc4c3cnn4C)CC2)c(=O)c2ccccc12. The van der Waals surface area contributed by atoms with Gasteiger partial charge < -0.3 is 9.80 Å². The molecule has 4 aromatic rings. The van der Waals surface area contributed by atoms with Gasteiger partial charge in [0.2, 0.25) is 5.91 Å². The quantitative estimate of drug-likeness (QED) is 0.483. The van der Waals surface area contributed by atoms with Gasteiger partial charge in [0.05, 0.1) is 22.7 Å². The molecule has 0 spiro atoms. The second kappa shape index (κ2) is 7.46. The number of carbonyl (C=O) groups excluding carboxylic acids is 1. The van der Waals surface area contributed by atoms with E-state index in [9.17, 15) is 9.59 Å². The van der Waals surface area contributed by atoms with Crippen LogP contribution in [0, 0.1) is 6.92 Å². The lowest BCUT2D eigenvalue weighted by Crippen LogP contribution is -2.50. The topological polar surface area (TPSA) is 102 Å². The Balaban J connectivity index is 1.31. The summed E-state index contributed by atoms with van der Waals surface area (Å²) in [6.07, 6.45) is 3.30. The number of piperazine rings is 1. The molecule has 1 aliphatic rings. The van der Waals surface area contributed by atoms with E-state index in [4.69, 9.17) is 0 Å². The molecule has 158 valence electrons. The highest BCUT2D eigenvalue weighted by molar-refractivity contribution is 5.87. The summed E-state index contributed by atoms with van der Waals surface area (Å²) >= 11 is 0. The standard InChI is InChI=1S/C21H22N8O2/c1-14-15-5-3-4-6-16(15)21(31)29(25-14)12-18(30)27-7-9-28(10-8-27)20-17-11-24-26(2)19(17)22-13-23-20/h3-6,11,13H,7-10,12H2,1-2H3. The van der Waals surface area contributed by atoms with E-state index < -0.39 is 0 Å². The first kappa shape index (κ1) is 19.2. The number of hydrogen-bond donors (Lipinski definition) is 0. The Hall–Kier alpha value is -3.82. The highest BCUT2D eigenvalue weighted by Crippen LogP contribution is 2.23. The van der Waals surface area contributed by atoms with Gasteiger partial charge in [0.15, 0.2) is 5.65 Å². The van der Waals surface area contributed by atoms with Gasteiger partial charge in [-0.25, -0.2) is 14.6 Å². The third kappa shape index (κ3) is 3.29. The first-order valence-electron chi connectivity index (χ1n) is 10.1. The number of anilines is 1. The first-order chi connectivity index (χ1) is 15.0. The Morgan fingerprint density at radius 1 is 1.03 bits per heavy atom. The fourth-order valence-electron chi connectivity index (χ4n) is 4.11. The largest absolute Gasteiger partial charge is 0.352 e. The fraction of sp³-hybridized carbons (Fsp3) is 0.333. The van der Waals surface area contributed by atoms with Gasteiger partial charge in [0.1, 0.15) is 18.7 Å². The van der Waals surface area contributed by atoms with Crippen LogP contribution in [0.4, 0.5) is 5.82 Å². The maximum absolute atomic E-state index is 12.9. The average molecular weight is 418 g/mol. The van der Waals surface area contributed by atoms with E-state index in [1.807, 2.05) is 32.2 Å². The van der Waals surface area contributed by atoms with Crippen molar-refractivity contribution in [3.63, 3.8) is 0 Å². The number of rotatable bonds is 3. The number of benzene rings is 1. The van der Waals surface area contributed by atoms with Gasteiger partial charge >= 0.3 is 0 Å². The van der Waals surface area contributed by atoms with E-state index in [2.05, 4.69) is 25.1 Å². The molecule has 1 saturated heterocycles. The van der Waals surface area contributed by atoms with Crippen molar-refractivity contribution in [3.8, 4) is 0 Å². The number of hydrogen-bond acceptors (Lipinski definition) is 7. The van der Waals surface area contributed by atoms with Gasteiger partial charge in [-0.1, -0.05) is 18.2 Å². The first-order valence-corrected chi connectivity index (χ1v) is 10.1. The van der Waals surface area contributed by atoms with Crippen molar-refractivity contribution < 1.29 is 4.79 Å². The number of aromatic nitrogens is 6. The van der Waals surface area contributed by atoms with Crippen molar-refractivity contribution in [2.45, 2.75) is 13.5 Å². The second-order valence-electron chi connectivity index (χ2n) is 7.66. The lowest BCUT2D eigenvalue weighted by molar-refractivity contribution is -0.132. The molecule has 10 nitrogen and oxygen atoms in total. The summed E-state index contributed by atoms with van der Waals surface area (Å²) < 4.78 is 2.99. The van der Waals surface area contributed by atoms with Crippen LogP contribution < -0.4 is 10.5 Å². The van der Waals surface area contributed by atoms with E-state index in [1.165, 1.54) is 11.0 Å². The van der Waals surface area contributed by atoms with E-state index >= 15 is 0 Å². The average Bonchev–Trinajstić information content (AvgIpc) is 3.18. The van der Waals surface area contributed by atoms with Gasteiger partial charge in [0, 0.05) is 38.6 Å². The molecule has 1 aliphatic heterocycles. The minimum Gasteiger partial charge on any atom is -0.352 e. The Bertz CT molecular complexity index is 1350. The predicted molar refractivity (Wildman–Crippen MR) is 116 cm³/mol. The Labute approximate surface area is 177 Å². The van der Waals surface area contributed by atoms with E-state index in [-0.39, 0.29) is 18.0 Å². The molecule has 5 rings (SSSR count). The smallest absolute Gasteiger partial charge is 0.275 e. The molecule has 1 aromatic carbocycles. The number of aryl methyl sites for hydroxylation is 2. The molecule has 31 heavy (non-hydrogen) atoms. The van der Waals surface area contributed by atoms with Crippen LogP contribution in [0.2, 0.25) is 0 Å². The summed E-state index contributed by atoms with van der Waals surface area (Å²) in [6.45, 7) is 4.17. The molecule has 10 heteroatoms. The molecule has 0 bridgehead atoms. The molecule has 4 heterocycles. The summed E-state index contributed by atoms with van der Waals surface area (Å²) in [5, 5.41) is 10.9. The van der Waals surface area contributed by atoms with Gasteiger partial charge in [0.25, 0.3) is 5.56 Å². The van der Waals surface area contributed by atoms with Crippen LogP contribution in [0.1, 0.15) is 5.69 Å². The van der Waals surface area contributed by atoms with Crippen LogP contribution in [0.3, 0.4) is 0 Å². The number of fused-ring (bicyclic) bond motifs is 2. The molecule has 0 unspecified atom stereocenters. The Kier molecular flexibility index (Phi) is 4.61. The minimum absolute atomic E-state index is 0.0646. The zero-order chi connectivity index (χ0) is 21.5. The summed E-state index contributed by atoms with van der Waals surface area (Å²) in [5.41, 5.74) is 1.27. The molecule has 0 aliphatic carbocycles. The van der Waals surface area contributed by atoms with Crippen LogP contribution in [0.15, 0.2) is 41.6 Å². The van der Waals surface area contributed by atoms with Gasteiger partial charge in [-0.05, 0) is 13.0 Å². The Morgan fingerprint density at radius 2 is 1.77 bits per heavy atom. The molecule has 0 radical (unpaired) electrons. The zero-order valence-corrected chi connectivity index (χ0v) is 17.4. The third-order valence-corrected chi connectivity index (χ3v) is 5.78. The van der Waals surface area contributed by atoms with Crippen molar-refractivity contribution in [2.24, 2.45) is 7.05 Å². The van der Waals surface area contributed by atoms with Crippen LogP contribution in [-0.4, -0.2) is 66.5 Å². The van der Waals surface area contributed by atoms with Gasteiger partial charge in [-0.15, -0.1) is 0 Å². The van der Waals surface area contributed by atoms with Crippen LogP contribution in [0.5, 0.6) is 0 Å². The maximum Gasteiger partial charge on any atom is 0.275 e. The normalized spacial score (nSPS) is 14.5. The van der Waals surface area contributed by atoms with Crippen molar-refractivity contribution in [1.29, 1.82) is 0 Å². The van der Waals surface area contributed by atoms with E-state index in [1.54, 1.807) is 21.8 Å². The molecule has 0 atom stereocenters. The molecule has 0 saturated carbocycles. The molecular formula is C21H22N8O2. The molecule has 0 N–H and O–H groups in total. The predicted octanol–water partition coefficient (Wildman–Crippen LogP) is 0.730. The highest BCUT2D eigenvalue weighted by Gasteiger charge is 2.24. The third-order valence-electron chi connectivity index (χ3n) is 5.78. The van der Waals surface area contributed by atoms with Gasteiger partial charge in [-0.3, -0.25) is 14.3 Å². The fourth-order valence-corrected chi connectivity index (χ4v) is 4.11. The van der Waals surface area contributed by atoms with Crippen molar-refractivity contribution in [3.05, 3.63) is 52.8 Å². The zero-order valence-electron chi connectivity index (χ0n) is 17.4. The number of nitrogens with zero attached hydrogens (tertiary/aromatic N) is 8. The van der Waals surface area contributed by atoms with E-state index in [0.717, 1.165) is 27.9 Å². The number of amides is 1. The molecule has 1 fully saturated rings. The number of carbonyl (C=O) groups is 1. The van der Waals surface area contributed by atoms with E-state index in [0.29, 0.717) is 31.6 Å². The lowest BCUT2D eigenvalue weighted by atomic mass is 10.1. The Morgan fingerprint density at radius 3 is 2.55 bits per heavy atom. The molecule has 3 aromatic heterocycles. The lowest BCUT2D eigenvalue weighted by Gasteiger charge is -2.35. The summed E-state index contributed by atoms with van der Waals surface area (Å²) in [4.78, 5) is 38.3.